The van der Waals surface area contributed by atoms with Crippen molar-refractivity contribution in [1.29, 1.82) is 0 Å². The average molecular weight is 294 g/mol. The molecule has 7 nitrogen and oxygen atoms in total. The number of piperidine rings is 1. The van der Waals surface area contributed by atoms with Gasteiger partial charge in [-0.3, -0.25) is 4.79 Å². The summed E-state index contributed by atoms with van der Waals surface area (Å²) in [4.78, 5) is 25.2. The van der Waals surface area contributed by atoms with Crippen molar-refractivity contribution >= 4 is 11.9 Å². The van der Waals surface area contributed by atoms with Crippen molar-refractivity contribution in [1.82, 2.24) is 19.9 Å². The van der Waals surface area contributed by atoms with Crippen molar-refractivity contribution in [3.05, 3.63) is 11.9 Å². The van der Waals surface area contributed by atoms with Crippen LogP contribution < -0.4 is 0 Å². The van der Waals surface area contributed by atoms with Crippen molar-refractivity contribution in [2.24, 2.45) is 5.92 Å². The highest BCUT2D eigenvalue weighted by Gasteiger charge is 2.31. The van der Waals surface area contributed by atoms with Gasteiger partial charge in [-0.25, -0.2) is 9.48 Å². The van der Waals surface area contributed by atoms with E-state index in [0.717, 1.165) is 32.2 Å². The number of rotatable bonds is 5. The molecule has 2 heterocycles. The Kier molecular flexibility index (Phi) is 4.93. The largest absolute Gasteiger partial charge is 0.476 e. The minimum absolute atomic E-state index is 0.0122. The van der Waals surface area contributed by atoms with Crippen LogP contribution in [0.15, 0.2) is 6.20 Å². The Bertz CT molecular complexity index is 514. The summed E-state index contributed by atoms with van der Waals surface area (Å²) in [5.41, 5.74) is -0.139. The maximum atomic E-state index is 12.5. The summed E-state index contributed by atoms with van der Waals surface area (Å²) in [6.07, 6.45) is 5.52. The average Bonchev–Trinajstić information content (AvgIpc) is 2.90. The normalized spacial score (nSPS) is 22.3. The van der Waals surface area contributed by atoms with Gasteiger partial charge in [0.25, 0.3) is 0 Å². The molecule has 2 unspecified atom stereocenters. The summed E-state index contributed by atoms with van der Waals surface area (Å²) in [6, 6.07) is 0.277. The van der Waals surface area contributed by atoms with Crippen LogP contribution in [-0.2, 0) is 11.3 Å². The zero-order valence-electron chi connectivity index (χ0n) is 12.5. The van der Waals surface area contributed by atoms with Gasteiger partial charge in [0, 0.05) is 12.6 Å². The molecule has 2 rings (SSSR count). The second-order valence-corrected chi connectivity index (χ2v) is 5.67. The number of hydrogen-bond donors (Lipinski definition) is 1. The molecule has 116 valence electrons. The lowest BCUT2D eigenvalue weighted by atomic mass is 9.88. The molecule has 0 bridgehead atoms. The molecule has 1 aromatic rings. The van der Waals surface area contributed by atoms with E-state index in [0.29, 0.717) is 5.92 Å². The Hall–Kier alpha value is -1.92. The smallest absolute Gasteiger partial charge is 0.358 e. The fourth-order valence-electron chi connectivity index (χ4n) is 3.00. The Morgan fingerprint density at radius 1 is 1.48 bits per heavy atom. The first kappa shape index (κ1) is 15.5. The molecule has 0 saturated carbocycles. The molecule has 0 aliphatic carbocycles. The van der Waals surface area contributed by atoms with Gasteiger partial charge in [0.1, 0.15) is 6.54 Å². The molecule has 1 N–H and O–H groups in total. The van der Waals surface area contributed by atoms with Crippen LogP contribution in [0.25, 0.3) is 0 Å². The van der Waals surface area contributed by atoms with Crippen molar-refractivity contribution in [2.45, 2.75) is 52.1 Å². The fraction of sp³-hybridized carbons (Fsp3) is 0.714. The van der Waals surface area contributed by atoms with Crippen molar-refractivity contribution in [3.8, 4) is 0 Å². The number of nitrogens with zero attached hydrogens (tertiary/aromatic N) is 4. The number of likely N-dealkylation sites (tertiary alicyclic amines) is 1. The van der Waals surface area contributed by atoms with E-state index in [2.05, 4.69) is 24.2 Å². The second-order valence-electron chi connectivity index (χ2n) is 5.67. The predicted octanol–water partition coefficient (Wildman–Crippen LogP) is 1.40. The van der Waals surface area contributed by atoms with Crippen LogP contribution >= 0.6 is 0 Å². The molecule has 1 fully saturated rings. The monoisotopic (exact) mass is 294 g/mol. The van der Waals surface area contributed by atoms with E-state index in [4.69, 9.17) is 5.11 Å². The number of carboxylic acids is 1. The summed E-state index contributed by atoms with van der Waals surface area (Å²) in [6.45, 7) is 5.14. The van der Waals surface area contributed by atoms with Crippen LogP contribution in [0.5, 0.6) is 0 Å². The first-order valence-corrected chi connectivity index (χ1v) is 7.45. The minimum Gasteiger partial charge on any atom is -0.476 e. The topological polar surface area (TPSA) is 88.3 Å². The Morgan fingerprint density at radius 2 is 2.24 bits per heavy atom. The quantitative estimate of drug-likeness (QED) is 0.887. The molecule has 0 aromatic carbocycles. The third kappa shape index (κ3) is 3.59. The lowest BCUT2D eigenvalue weighted by Crippen LogP contribution is -2.48. The summed E-state index contributed by atoms with van der Waals surface area (Å²) >= 11 is 0. The highest BCUT2D eigenvalue weighted by Crippen LogP contribution is 2.26. The van der Waals surface area contributed by atoms with Gasteiger partial charge in [-0.2, -0.15) is 0 Å². The van der Waals surface area contributed by atoms with Crippen molar-refractivity contribution < 1.29 is 14.7 Å². The second kappa shape index (κ2) is 6.69. The molecule has 0 radical (unpaired) electrons. The molecular formula is C14H22N4O3. The van der Waals surface area contributed by atoms with E-state index >= 15 is 0 Å². The number of aromatic carboxylic acids is 1. The third-order valence-electron chi connectivity index (χ3n) is 4.08. The zero-order chi connectivity index (χ0) is 15.4. The van der Waals surface area contributed by atoms with E-state index < -0.39 is 5.97 Å². The van der Waals surface area contributed by atoms with E-state index in [1.54, 1.807) is 0 Å². The van der Waals surface area contributed by atoms with Gasteiger partial charge in [-0.15, -0.1) is 5.10 Å². The van der Waals surface area contributed by atoms with Crippen LogP contribution in [0.1, 0.15) is 50.0 Å². The first-order chi connectivity index (χ1) is 10.0. The van der Waals surface area contributed by atoms with Crippen LogP contribution in [0.2, 0.25) is 0 Å². The van der Waals surface area contributed by atoms with Gasteiger partial charge >= 0.3 is 5.97 Å². The molecule has 2 atom stereocenters. The maximum Gasteiger partial charge on any atom is 0.358 e. The number of carboxylic acid groups (broad SMARTS) is 1. The van der Waals surface area contributed by atoms with Gasteiger partial charge in [-0.1, -0.05) is 25.5 Å². The van der Waals surface area contributed by atoms with Crippen molar-refractivity contribution in [2.75, 3.05) is 6.54 Å². The SMILES string of the molecule is CCCC1C(C)CCCN1C(=O)Cn1cc(C(=O)O)nn1. The summed E-state index contributed by atoms with van der Waals surface area (Å²) in [7, 11) is 0. The van der Waals surface area contributed by atoms with Gasteiger partial charge in [-0.05, 0) is 25.2 Å². The van der Waals surface area contributed by atoms with E-state index in [9.17, 15) is 9.59 Å². The number of amides is 1. The van der Waals surface area contributed by atoms with Crippen LogP contribution in [0.4, 0.5) is 0 Å². The number of aromatic nitrogens is 3. The summed E-state index contributed by atoms with van der Waals surface area (Å²) in [5, 5.41) is 16.0. The fourth-order valence-corrected chi connectivity index (χ4v) is 3.00. The highest BCUT2D eigenvalue weighted by molar-refractivity contribution is 5.84. The standard InChI is InChI=1S/C14H22N4O3/c1-3-5-12-10(2)6-4-7-18(12)13(19)9-17-8-11(14(20)21)15-16-17/h8,10,12H,3-7,9H2,1-2H3,(H,20,21). The summed E-state index contributed by atoms with van der Waals surface area (Å²) < 4.78 is 1.30. The Morgan fingerprint density at radius 3 is 2.86 bits per heavy atom. The maximum absolute atomic E-state index is 12.5. The third-order valence-corrected chi connectivity index (χ3v) is 4.08. The van der Waals surface area contributed by atoms with Crippen LogP contribution in [0.3, 0.4) is 0 Å². The molecule has 21 heavy (non-hydrogen) atoms. The minimum atomic E-state index is -1.14. The number of hydrogen-bond acceptors (Lipinski definition) is 4. The first-order valence-electron chi connectivity index (χ1n) is 7.45. The molecule has 1 aromatic heterocycles. The van der Waals surface area contributed by atoms with Crippen LogP contribution in [0, 0.1) is 5.92 Å². The molecule has 1 aliphatic heterocycles. The Balaban J connectivity index is 2.04. The lowest BCUT2D eigenvalue weighted by molar-refractivity contribution is -0.137. The molecule has 7 heteroatoms. The van der Waals surface area contributed by atoms with Gasteiger partial charge in [0.05, 0.1) is 6.20 Å². The number of carbonyl (C=O) groups is 2. The highest BCUT2D eigenvalue weighted by atomic mass is 16.4. The van der Waals surface area contributed by atoms with E-state index in [1.165, 1.54) is 10.9 Å². The van der Waals surface area contributed by atoms with Gasteiger partial charge in [0.15, 0.2) is 5.69 Å². The van der Waals surface area contributed by atoms with Gasteiger partial charge in [0.2, 0.25) is 5.91 Å². The lowest BCUT2D eigenvalue weighted by Gasteiger charge is -2.40. The van der Waals surface area contributed by atoms with Crippen LogP contribution in [-0.4, -0.2) is 49.5 Å². The zero-order valence-corrected chi connectivity index (χ0v) is 12.5. The molecule has 1 saturated heterocycles. The van der Waals surface area contributed by atoms with Crippen molar-refractivity contribution in [3.63, 3.8) is 0 Å². The molecule has 1 aliphatic rings. The number of carbonyl (C=O) groups excluding carboxylic acids is 1. The van der Waals surface area contributed by atoms with E-state index in [1.807, 2.05) is 4.90 Å². The molecule has 1 amide bonds. The predicted molar refractivity (Wildman–Crippen MR) is 75.8 cm³/mol. The van der Waals surface area contributed by atoms with Gasteiger partial charge < -0.3 is 10.0 Å². The Labute approximate surface area is 123 Å². The molecular weight excluding hydrogens is 272 g/mol. The summed E-state index contributed by atoms with van der Waals surface area (Å²) in [5.74, 6) is -0.640. The van der Waals surface area contributed by atoms with E-state index in [-0.39, 0.29) is 24.2 Å². The molecule has 0 spiro atoms.